The van der Waals surface area contributed by atoms with Crippen molar-refractivity contribution in [3.8, 4) is 0 Å². The van der Waals surface area contributed by atoms with Crippen LogP contribution in [0.15, 0.2) is 22.8 Å². The fourth-order valence-corrected chi connectivity index (χ4v) is 1.62. The quantitative estimate of drug-likeness (QED) is 0.785. The van der Waals surface area contributed by atoms with E-state index in [1.54, 1.807) is 13.4 Å². The monoisotopic (exact) mass is 198 g/mol. The summed E-state index contributed by atoms with van der Waals surface area (Å²) < 4.78 is 10.4. The average Bonchev–Trinajstić information content (AvgIpc) is 2.57. The molecule has 0 aliphatic rings. The van der Waals surface area contributed by atoms with E-state index in [-0.39, 0.29) is 6.10 Å². The molecule has 0 aliphatic heterocycles. The van der Waals surface area contributed by atoms with Crippen molar-refractivity contribution in [1.29, 1.82) is 0 Å². The summed E-state index contributed by atoms with van der Waals surface area (Å²) >= 11 is 0. The molecule has 2 atom stereocenters. The summed E-state index contributed by atoms with van der Waals surface area (Å²) in [7, 11) is 1.62. The van der Waals surface area contributed by atoms with Gasteiger partial charge in [0.25, 0.3) is 0 Å². The van der Waals surface area contributed by atoms with E-state index in [4.69, 9.17) is 9.15 Å². The summed E-state index contributed by atoms with van der Waals surface area (Å²) in [6.07, 6.45) is 1.47. The summed E-state index contributed by atoms with van der Waals surface area (Å²) in [5, 5.41) is 9.87. The smallest absolute Gasteiger partial charge is 0.106 e. The van der Waals surface area contributed by atoms with Crippen molar-refractivity contribution in [1.82, 2.24) is 0 Å². The van der Waals surface area contributed by atoms with Crippen LogP contribution in [0, 0.1) is 5.92 Å². The number of ether oxygens (including phenoxy) is 1. The van der Waals surface area contributed by atoms with Gasteiger partial charge in [-0.25, -0.2) is 0 Å². The maximum atomic E-state index is 9.87. The zero-order chi connectivity index (χ0) is 10.6. The third-order valence-electron chi connectivity index (χ3n) is 2.30. The first-order chi connectivity index (χ1) is 6.65. The highest BCUT2D eigenvalue weighted by Crippen LogP contribution is 2.14. The Bertz CT molecular complexity index is 241. The Morgan fingerprint density at radius 1 is 1.50 bits per heavy atom. The second kappa shape index (κ2) is 5.17. The molecule has 14 heavy (non-hydrogen) atoms. The topological polar surface area (TPSA) is 42.6 Å². The number of furan rings is 1. The second-order valence-electron chi connectivity index (χ2n) is 3.80. The van der Waals surface area contributed by atoms with E-state index >= 15 is 0 Å². The summed E-state index contributed by atoms with van der Waals surface area (Å²) in [4.78, 5) is 0. The molecular weight excluding hydrogens is 180 g/mol. The minimum absolute atomic E-state index is 0.139. The van der Waals surface area contributed by atoms with Crippen molar-refractivity contribution >= 4 is 0 Å². The molecule has 0 spiro atoms. The van der Waals surface area contributed by atoms with Gasteiger partial charge in [0.15, 0.2) is 0 Å². The van der Waals surface area contributed by atoms with Crippen molar-refractivity contribution < 1.29 is 14.3 Å². The van der Waals surface area contributed by atoms with Crippen molar-refractivity contribution in [2.45, 2.75) is 32.5 Å². The van der Waals surface area contributed by atoms with Gasteiger partial charge in [-0.2, -0.15) is 0 Å². The van der Waals surface area contributed by atoms with E-state index < -0.39 is 6.10 Å². The zero-order valence-corrected chi connectivity index (χ0v) is 8.93. The van der Waals surface area contributed by atoms with Crippen molar-refractivity contribution in [3.63, 3.8) is 0 Å². The third kappa shape index (κ3) is 2.86. The molecule has 0 amide bonds. The molecule has 0 saturated heterocycles. The first-order valence-corrected chi connectivity index (χ1v) is 4.88. The number of rotatable bonds is 5. The molecule has 0 saturated carbocycles. The van der Waals surface area contributed by atoms with Gasteiger partial charge in [0.2, 0.25) is 0 Å². The van der Waals surface area contributed by atoms with Crippen LogP contribution in [0.3, 0.4) is 0 Å². The molecule has 1 aromatic heterocycles. The molecule has 1 N–H and O–H groups in total. The average molecular weight is 198 g/mol. The van der Waals surface area contributed by atoms with Gasteiger partial charge in [-0.05, 0) is 18.1 Å². The first-order valence-electron chi connectivity index (χ1n) is 4.88. The molecule has 1 heterocycles. The molecule has 0 bridgehead atoms. The van der Waals surface area contributed by atoms with E-state index in [1.165, 1.54) is 0 Å². The fraction of sp³-hybridized carbons (Fsp3) is 0.636. The Morgan fingerprint density at radius 2 is 2.21 bits per heavy atom. The lowest BCUT2D eigenvalue weighted by molar-refractivity contribution is -0.0385. The Hall–Kier alpha value is -0.800. The van der Waals surface area contributed by atoms with Gasteiger partial charge in [-0.3, -0.25) is 0 Å². The van der Waals surface area contributed by atoms with Gasteiger partial charge < -0.3 is 14.3 Å². The lowest BCUT2D eigenvalue weighted by Gasteiger charge is -2.24. The van der Waals surface area contributed by atoms with Crippen LogP contribution in [-0.2, 0) is 11.2 Å². The van der Waals surface area contributed by atoms with Crippen LogP contribution < -0.4 is 0 Å². The first kappa shape index (κ1) is 11.3. The maximum absolute atomic E-state index is 9.87. The Labute approximate surface area is 84.7 Å². The van der Waals surface area contributed by atoms with Crippen LogP contribution in [0.4, 0.5) is 0 Å². The SMILES string of the molecule is COC(C(C)C)C(O)Cc1ccco1. The van der Waals surface area contributed by atoms with Crippen LogP contribution in [0.2, 0.25) is 0 Å². The molecular formula is C11H18O3. The molecule has 80 valence electrons. The molecule has 3 heteroatoms. The highest BCUT2D eigenvalue weighted by Gasteiger charge is 2.23. The number of hydrogen-bond donors (Lipinski definition) is 1. The second-order valence-corrected chi connectivity index (χ2v) is 3.80. The van der Waals surface area contributed by atoms with Crippen LogP contribution in [0.25, 0.3) is 0 Å². The molecule has 2 unspecified atom stereocenters. The standard InChI is InChI=1S/C11H18O3/c1-8(2)11(13-3)10(12)7-9-5-4-6-14-9/h4-6,8,10-12H,7H2,1-3H3. The van der Waals surface area contributed by atoms with Gasteiger partial charge in [-0.15, -0.1) is 0 Å². The minimum atomic E-state index is -0.508. The molecule has 0 fully saturated rings. The van der Waals surface area contributed by atoms with Crippen molar-refractivity contribution in [3.05, 3.63) is 24.2 Å². The summed E-state index contributed by atoms with van der Waals surface area (Å²) in [6.45, 7) is 4.05. The zero-order valence-electron chi connectivity index (χ0n) is 8.93. The molecule has 3 nitrogen and oxygen atoms in total. The van der Waals surface area contributed by atoms with E-state index in [0.29, 0.717) is 12.3 Å². The minimum Gasteiger partial charge on any atom is -0.469 e. The number of aliphatic hydroxyl groups is 1. The molecule has 0 aliphatic carbocycles. The predicted molar refractivity (Wildman–Crippen MR) is 54.1 cm³/mol. The lowest BCUT2D eigenvalue weighted by atomic mass is 9.99. The summed E-state index contributed by atoms with van der Waals surface area (Å²) in [5.41, 5.74) is 0. The largest absolute Gasteiger partial charge is 0.469 e. The fourth-order valence-electron chi connectivity index (χ4n) is 1.62. The molecule has 1 aromatic rings. The Kier molecular flexibility index (Phi) is 4.17. The van der Waals surface area contributed by atoms with Crippen molar-refractivity contribution in [2.24, 2.45) is 5.92 Å². The van der Waals surface area contributed by atoms with Gasteiger partial charge >= 0.3 is 0 Å². The molecule has 0 aromatic carbocycles. The number of aliphatic hydroxyl groups excluding tert-OH is 1. The Balaban J connectivity index is 2.51. The molecule has 1 rings (SSSR count). The van der Waals surface area contributed by atoms with Gasteiger partial charge in [-0.1, -0.05) is 13.8 Å². The maximum Gasteiger partial charge on any atom is 0.106 e. The van der Waals surface area contributed by atoms with Crippen LogP contribution >= 0.6 is 0 Å². The normalized spacial score (nSPS) is 15.8. The van der Waals surface area contributed by atoms with Crippen LogP contribution in [-0.4, -0.2) is 24.4 Å². The van der Waals surface area contributed by atoms with Gasteiger partial charge in [0, 0.05) is 13.5 Å². The van der Waals surface area contributed by atoms with Gasteiger partial charge in [0.1, 0.15) is 5.76 Å². The summed E-state index contributed by atoms with van der Waals surface area (Å²) in [6, 6.07) is 3.68. The number of methoxy groups -OCH3 is 1. The predicted octanol–water partition coefficient (Wildman–Crippen LogP) is 1.85. The van der Waals surface area contributed by atoms with Crippen LogP contribution in [0.5, 0.6) is 0 Å². The van der Waals surface area contributed by atoms with E-state index in [0.717, 1.165) is 5.76 Å². The lowest BCUT2D eigenvalue weighted by Crippen LogP contribution is -2.34. The highest BCUT2D eigenvalue weighted by atomic mass is 16.5. The van der Waals surface area contributed by atoms with Crippen LogP contribution in [0.1, 0.15) is 19.6 Å². The van der Waals surface area contributed by atoms with Crippen molar-refractivity contribution in [2.75, 3.05) is 7.11 Å². The highest BCUT2D eigenvalue weighted by molar-refractivity contribution is 5.00. The van der Waals surface area contributed by atoms with Gasteiger partial charge in [0.05, 0.1) is 18.5 Å². The Morgan fingerprint density at radius 3 is 2.64 bits per heavy atom. The van der Waals surface area contributed by atoms with E-state index in [9.17, 15) is 5.11 Å². The third-order valence-corrected chi connectivity index (χ3v) is 2.30. The number of hydrogen-bond acceptors (Lipinski definition) is 3. The van der Waals surface area contributed by atoms with E-state index in [1.807, 2.05) is 26.0 Å². The summed E-state index contributed by atoms with van der Waals surface area (Å²) in [5.74, 6) is 1.09. The van der Waals surface area contributed by atoms with E-state index in [2.05, 4.69) is 0 Å². The molecule has 0 radical (unpaired) electrons.